The van der Waals surface area contributed by atoms with E-state index in [0.29, 0.717) is 11.3 Å². The zero-order chi connectivity index (χ0) is 16.7. The SMILES string of the molecule is N#CCOc1ccccc1/C=N\NS(=O)(=O)c1ccc(I)cc1. The fraction of sp³-hybridized carbons (Fsp3) is 0.0667. The lowest BCUT2D eigenvalue weighted by Gasteiger charge is -2.06. The van der Waals surface area contributed by atoms with Gasteiger partial charge in [-0.1, -0.05) is 12.1 Å². The highest BCUT2D eigenvalue weighted by Crippen LogP contribution is 2.16. The molecule has 0 bridgehead atoms. The van der Waals surface area contributed by atoms with Crippen molar-refractivity contribution in [1.82, 2.24) is 4.83 Å². The molecule has 0 amide bonds. The second-order valence-corrected chi connectivity index (χ2v) is 7.20. The first-order chi connectivity index (χ1) is 11.0. The number of halogens is 1. The van der Waals surface area contributed by atoms with Crippen molar-refractivity contribution in [2.45, 2.75) is 4.90 Å². The molecular formula is C15H12IN3O3S. The first kappa shape index (κ1) is 17.2. The first-order valence-electron chi connectivity index (χ1n) is 6.42. The number of nitrogens with zero attached hydrogens (tertiary/aromatic N) is 2. The Kier molecular flexibility index (Phi) is 5.95. The molecule has 0 saturated carbocycles. The molecular weight excluding hydrogens is 429 g/mol. The number of hydrogen-bond donors (Lipinski definition) is 1. The molecule has 2 aromatic carbocycles. The molecule has 0 aliphatic carbocycles. The van der Waals surface area contributed by atoms with Crippen LogP contribution < -0.4 is 9.57 Å². The Balaban J connectivity index is 2.12. The van der Waals surface area contributed by atoms with E-state index in [9.17, 15) is 8.42 Å². The van der Waals surface area contributed by atoms with E-state index >= 15 is 0 Å². The van der Waals surface area contributed by atoms with Gasteiger partial charge in [0.05, 0.1) is 11.1 Å². The summed E-state index contributed by atoms with van der Waals surface area (Å²) in [5.74, 6) is 0.450. The number of hydrazone groups is 1. The third kappa shape index (κ3) is 4.94. The van der Waals surface area contributed by atoms with Gasteiger partial charge in [0.15, 0.2) is 6.61 Å². The number of rotatable bonds is 6. The van der Waals surface area contributed by atoms with E-state index in [1.54, 1.807) is 36.4 Å². The van der Waals surface area contributed by atoms with E-state index in [0.717, 1.165) is 3.57 Å². The number of nitrogens with one attached hydrogen (secondary N) is 1. The molecule has 0 saturated heterocycles. The van der Waals surface area contributed by atoms with Gasteiger partial charge >= 0.3 is 0 Å². The van der Waals surface area contributed by atoms with Gasteiger partial charge in [-0.25, -0.2) is 4.83 Å². The summed E-state index contributed by atoms with van der Waals surface area (Å²) in [5, 5.41) is 12.3. The van der Waals surface area contributed by atoms with Crippen molar-refractivity contribution < 1.29 is 13.2 Å². The molecule has 23 heavy (non-hydrogen) atoms. The molecule has 0 aromatic heterocycles. The molecule has 0 aliphatic rings. The summed E-state index contributed by atoms with van der Waals surface area (Å²) in [4.78, 5) is 2.27. The van der Waals surface area contributed by atoms with Crippen molar-refractivity contribution in [3.8, 4) is 11.8 Å². The zero-order valence-corrected chi connectivity index (χ0v) is 14.8. The highest BCUT2D eigenvalue weighted by Gasteiger charge is 2.12. The summed E-state index contributed by atoms with van der Waals surface area (Å²) in [6, 6.07) is 15.2. The Morgan fingerprint density at radius 1 is 1.22 bits per heavy atom. The molecule has 118 valence electrons. The predicted octanol–water partition coefficient (Wildman–Crippen LogP) is 2.51. The van der Waals surface area contributed by atoms with Gasteiger partial charge in [-0.05, 0) is 59.0 Å². The minimum absolute atomic E-state index is 0.0980. The van der Waals surface area contributed by atoms with Crippen molar-refractivity contribution >= 4 is 38.8 Å². The van der Waals surface area contributed by atoms with E-state index in [-0.39, 0.29) is 11.5 Å². The van der Waals surface area contributed by atoms with Crippen LogP contribution in [0.2, 0.25) is 0 Å². The fourth-order valence-corrected chi connectivity index (χ4v) is 2.81. The minimum atomic E-state index is -3.72. The van der Waals surface area contributed by atoms with Crippen LogP contribution in [0.1, 0.15) is 5.56 Å². The van der Waals surface area contributed by atoms with E-state index in [4.69, 9.17) is 10.00 Å². The fourth-order valence-electron chi connectivity index (χ4n) is 1.66. The Labute approximate surface area is 148 Å². The predicted molar refractivity (Wildman–Crippen MR) is 94.6 cm³/mol. The lowest BCUT2D eigenvalue weighted by Crippen LogP contribution is -2.18. The van der Waals surface area contributed by atoms with E-state index in [1.807, 2.05) is 6.07 Å². The molecule has 6 nitrogen and oxygen atoms in total. The second-order valence-electron chi connectivity index (χ2n) is 4.29. The van der Waals surface area contributed by atoms with Gasteiger partial charge in [-0.15, -0.1) is 0 Å². The van der Waals surface area contributed by atoms with Crippen molar-refractivity contribution in [2.24, 2.45) is 5.10 Å². The second kappa shape index (κ2) is 7.94. The zero-order valence-electron chi connectivity index (χ0n) is 11.8. The average Bonchev–Trinajstić information content (AvgIpc) is 2.54. The molecule has 2 aromatic rings. The van der Waals surface area contributed by atoms with Crippen LogP contribution in [0.15, 0.2) is 58.5 Å². The lowest BCUT2D eigenvalue weighted by atomic mass is 10.2. The Morgan fingerprint density at radius 2 is 1.91 bits per heavy atom. The Bertz CT molecular complexity index is 843. The highest BCUT2D eigenvalue weighted by molar-refractivity contribution is 14.1. The summed E-state index contributed by atoms with van der Waals surface area (Å²) >= 11 is 2.09. The van der Waals surface area contributed by atoms with Gasteiger partial charge in [0.25, 0.3) is 10.0 Å². The van der Waals surface area contributed by atoms with Gasteiger partial charge in [-0.3, -0.25) is 0 Å². The quantitative estimate of drug-likeness (QED) is 0.424. The number of nitriles is 1. The number of ether oxygens (including phenoxy) is 1. The van der Waals surface area contributed by atoms with Crippen LogP contribution in [0, 0.1) is 14.9 Å². The van der Waals surface area contributed by atoms with Crippen LogP contribution in [0.3, 0.4) is 0 Å². The smallest absolute Gasteiger partial charge is 0.276 e. The Hall–Kier alpha value is -2.12. The number of benzene rings is 2. The van der Waals surface area contributed by atoms with Crippen LogP contribution in [0.25, 0.3) is 0 Å². The maximum Gasteiger partial charge on any atom is 0.276 e. The molecule has 0 heterocycles. The minimum Gasteiger partial charge on any atom is -0.478 e. The van der Waals surface area contributed by atoms with Crippen molar-refractivity contribution in [1.29, 1.82) is 5.26 Å². The molecule has 0 unspecified atom stereocenters. The molecule has 0 aliphatic heterocycles. The molecule has 0 radical (unpaired) electrons. The van der Waals surface area contributed by atoms with E-state index in [1.165, 1.54) is 18.3 Å². The van der Waals surface area contributed by atoms with Gasteiger partial charge in [0.2, 0.25) is 0 Å². The molecule has 8 heteroatoms. The molecule has 2 rings (SSSR count). The van der Waals surface area contributed by atoms with Crippen LogP contribution in [0.5, 0.6) is 5.75 Å². The summed E-state index contributed by atoms with van der Waals surface area (Å²) in [5.41, 5.74) is 0.563. The molecule has 0 atom stereocenters. The standard InChI is InChI=1S/C15H12IN3O3S/c16-13-5-7-14(8-6-13)23(20,21)19-18-11-12-3-1-2-4-15(12)22-10-9-17/h1-8,11,19H,10H2/b18-11-. The molecule has 1 N–H and O–H groups in total. The Morgan fingerprint density at radius 3 is 2.61 bits per heavy atom. The number of sulfonamides is 1. The first-order valence-corrected chi connectivity index (χ1v) is 8.98. The van der Waals surface area contributed by atoms with Crippen molar-refractivity contribution in [2.75, 3.05) is 6.61 Å². The third-order valence-electron chi connectivity index (χ3n) is 2.71. The topological polar surface area (TPSA) is 91.5 Å². The van der Waals surface area contributed by atoms with Crippen molar-refractivity contribution in [3.63, 3.8) is 0 Å². The van der Waals surface area contributed by atoms with Gasteiger partial charge < -0.3 is 4.74 Å². The summed E-state index contributed by atoms with van der Waals surface area (Å²) < 4.78 is 30.4. The maximum absolute atomic E-state index is 12.1. The van der Waals surface area contributed by atoms with Crippen LogP contribution in [0.4, 0.5) is 0 Å². The third-order valence-corrected chi connectivity index (χ3v) is 4.67. The van der Waals surface area contributed by atoms with Gasteiger partial charge in [0, 0.05) is 9.13 Å². The van der Waals surface area contributed by atoms with Gasteiger partial charge in [0.1, 0.15) is 11.8 Å². The monoisotopic (exact) mass is 441 g/mol. The largest absolute Gasteiger partial charge is 0.478 e. The average molecular weight is 441 g/mol. The summed E-state index contributed by atoms with van der Waals surface area (Å²) in [7, 11) is -3.72. The lowest BCUT2D eigenvalue weighted by molar-refractivity contribution is 0.367. The highest BCUT2D eigenvalue weighted by atomic mass is 127. The summed E-state index contributed by atoms with van der Waals surface area (Å²) in [6.45, 7) is -0.0980. The maximum atomic E-state index is 12.1. The van der Waals surface area contributed by atoms with E-state index < -0.39 is 10.0 Å². The van der Waals surface area contributed by atoms with Crippen molar-refractivity contribution in [3.05, 3.63) is 57.7 Å². The number of hydrogen-bond acceptors (Lipinski definition) is 5. The molecule has 0 spiro atoms. The van der Waals surface area contributed by atoms with E-state index in [2.05, 4.69) is 32.5 Å². The normalized spacial score (nSPS) is 11.1. The molecule has 0 fully saturated rings. The van der Waals surface area contributed by atoms with Crippen LogP contribution in [-0.4, -0.2) is 21.2 Å². The van der Waals surface area contributed by atoms with Crippen LogP contribution >= 0.6 is 22.6 Å². The van der Waals surface area contributed by atoms with Gasteiger partial charge in [-0.2, -0.15) is 18.8 Å². The van der Waals surface area contributed by atoms with Crippen LogP contribution in [-0.2, 0) is 10.0 Å². The number of para-hydroxylation sites is 1. The summed E-state index contributed by atoms with van der Waals surface area (Å²) in [6.07, 6.45) is 1.33.